The van der Waals surface area contributed by atoms with Gasteiger partial charge in [0.2, 0.25) is 15.9 Å². The van der Waals surface area contributed by atoms with Crippen molar-refractivity contribution in [2.75, 3.05) is 18.5 Å². The largest absolute Gasteiger partial charge is 0.395 e. The van der Waals surface area contributed by atoms with Crippen molar-refractivity contribution in [2.45, 2.75) is 30.2 Å². The molecule has 8 heteroatoms. The number of hydrogen-bond acceptors (Lipinski definition) is 4. The molecule has 2 N–H and O–H groups in total. The fraction of sp³-hybridized carbons (Fsp3) is 0.462. The number of aliphatic hydroxyl groups excluding tert-OH is 1. The molecule has 0 aliphatic carbocycles. The third-order valence-electron chi connectivity index (χ3n) is 3.90. The zero-order valence-corrected chi connectivity index (χ0v) is 12.7. The fourth-order valence-corrected chi connectivity index (χ4v) is 5.10. The van der Waals surface area contributed by atoms with Crippen LogP contribution in [0.1, 0.15) is 18.4 Å². The monoisotopic (exact) mass is 330 g/mol. The number of rotatable bonds is 3. The molecule has 2 aliphatic rings. The highest BCUT2D eigenvalue weighted by Crippen LogP contribution is 2.35. The van der Waals surface area contributed by atoms with E-state index < -0.39 is 16.1 Å². The van der Waals surface area contributed by atoms with Gasteiger partial charge in [0.15, 0.2) is 0 Å². The predicted octanol–water partition coefficient (Wildman–Crippen LogP) is 0.980. The van der Waals surface area contributed by atoms with Gasteiger partial charge in [-0.15, -0.1) is 0 Å². The van der Waals surface area contributed by atoms with Crippen LogP contribution in [0.5, 0.6) is 0 Å². The Morgan fingerprint density at radius 1 is 1.43 bits per heavy atom. The second kappa shape index (κ2) is 5.24. The standard InChI is InChI=1S/C13H15ClN2O4S/c14-10-6-11-8(5-13(18)15-11)4-12(10)21(19,20)16-3-1-2-9(16)7-17/h4,6,9,17H,1-3,5,7H2,(H,15,18)/t9-/m0/s1. The van der Waals surface area contributed by atoms with Gasteiger partial charge in [-0.2, -0.15) is 4.31 Å². The van der Waals surface area contributed by atoms with Gasteiger partial charge in [0, 0.05) is 18.3 Å². The smallest absolute Gasteiger partial charge is 0.244 e. The Kier molecular flexibility index (Phi) is 3.69. The predicted molar refractivity (Wildman–Crippen MR) is 77.8 cm³/mol. The number of carbonyl (C=O) groups excluding carboxylic acids is 1. The molecule has 1 saturated heterocycles. The highest BCUT2D eigenvalue weighted by Gasteiger charge is 2.36. The molecule has 0 spiro atoms. The number of amides is 1. The summed E-state index contributed by atoms with van der Waals surface area (Å²) in [6.07, 6.45) is 1.50. The van der Waals surface area contributed by atoms with Gasteiger partial charge < -0.3 is 10.4 Å². The van der Waals surface area contributed by atoms with Crippen molar-refractivity contribution in [1.82, 2.24) is 4.31 Å². The van der Waals surface area contributed by atoms with E-state index in [2.05, 4.69) is 5.32 Å². The van der Waals surface area contributed by atoms with Gasteiger partial charge in [-0.1, -0.05) is 11.6 Å². The highest BCUT2D eigenvalue weighted by molar-refractivity contribution is 7.89. The van der Waals surface area contributed by atoms with Crippen molar-refractivity contribution in [2.24, 2.45) is 0 Å². The number of aliphatic hydroxyl groups is 1. The van der Waals surface area contributed by atoms with Gasteiger partial charge in [0.1, 0.15) is 4.90 Å². The number of sulfonamides is 1. The number of nitrogens with zero attached hydrogens (tertiary/aromatic N) is 1. The molecule has 21 heavy (non-hydrogen) atoms. The molecule has 114 valence electrons. The van der Waals surface area contributed by atoms with Crippen LogP contribution in [-0.2, 0) is 21.2 Å². The Hall–Kier alpha value is -1.15. The molecule has 1 aromatic carbocycles. The maximum absolute atomic E-state index is 12.7. The molecule has 2 heterocycles. The summed E-state index contributed by atoms with van der Waals surface area (Å²) in [5.74, 6) is -0.176. The molecule has 1 aromatic rings. The molecule has 0 radical (unpaired) electrons. The van der Waals surface area contributed by atoms with Crippen molar-refractivity contribution in [3.8, 4) is 0 Å². The van der Waals surface area contributed by atoms with Crippen LogP contribution in [0.25, 0.3) is 0 Å². The van der Waals surface area contributed by atoms with Crippen molar-refractivity contribution in [3.05, 3.63) is 22.7 Å². The molecule has 0 aromatic heterocycles. The first-order chi connectivity index (χ1) is 9.93. The van der Waals surface area contributed by atoms with E-state index in [0.29, 0.717) is 30.6 Å². The first kappa shape index (κ1) is 14.8. The van der Waals surface area contributed by atoms with Gasteiger partial charge in [-0.05, 0) is 30.5 Å². The molecule has 6 nitrogen and oxygen atoms in total. The fourth-order valence-electron chi connectivity index (χ4n) is 2.86. The maximum atomic E-state index is 12.7. The molecule has 0 bridgehead atoms. The van der Waals surface area contributed by atoms with E-state index in [9.17, 15) is 18.3 Å². The molecule has 1 atom stereocenters. The van der Waals surface area contributed by atoms with E-state index in [-0.39, 0.29) is 28.9 Å². The second-order valence-corrected chi connectivity index (χ2v) is 7.53. The van der Waals surface area contributed by atoms with Gasteiger partial charge >= 0.3 is 0 Å². The Labute approximate surface area is 127 Å². The second-order valence-electron chi connectivity index (χ2n) is 5.26. The number of fused-ring (bicyclic) bond motifs is 1. The summed E-state index contributed by atoms with van der Waals surface area (Å²) in [5, 5.41) is 12.0. The number of nitrogens with one attached hydrogen (secondary N) is 1. The summed E-state index contributed by atoms with van der Waals surface area (Å²) in [4.78, 5) is 11.4. The summed E-state index contributed by atoms with van der Waals surface area (Å²) in [6, 6.07) is 2.52. The molecular formula is C13H15ClN2O4S. The summed E-state index contributed by atoms with van der Waals surface area (Å²) >= 11 is 6.09. The van der Waals surface area contributed by atoms with Crippen LogP contribution in [0.15, 0.2) is 17.0 Å². The number of carbonyl (C=O) groups is 1. The van der Waals surface area contributed by atoms with E-state index >= 15 is 0 Å². The highest BCUT2D eigenvalue weighted by atomic mass is 35.5. The molecule has 3 rings (SSSR count). The lowest BCUT2D eigenvalue weighted by atomic mass is 10.2. The molecule has 2 aliphatic heterocycles. The summed E-state index contributed by atoms with van der Waals surface area (Å²) in [6.45, 7) is 0.167. The van der Waals surface area contributed by atoms with Crippen LogP contribution in [-0.4, -0.2) is 42.9 Å². The van der Waals surface area contributed by atoms with E-state index in [1.807, 2.05) is 0 Å². The van der Waals surface area contributed by atoms with E-state index in [0.717, 1.165) is 0 Å². The average molecular weight is 331 g/mol. The maximum Gasteiger partial charge on any atom is 0.244 e. The van der Waals surface area contributed by atoms with Gasteiger partial charge in [0.05, 0.1) is 18.1 Å². The number of halogens is 1. The first-order valence-electron chi connectivity index (χ1n) is 6.68. The Balaban J connectivity index is 2.04. The lowest BCUT2D eigenvalue weighted by molar-refractivity contribution is -0.115. The molecular weight excluding hydrogens is 316 g/mol. The van der Waals surface area contributed by atoms with Crippen molar-refractivity contribution in [1.29, 1.82) is 0 Å². The van der Waals surface area contributed by atoms with Crippen LogP contribution in [0.2, 0.25) is 5.02 Å². The summed E-state index contributed by atoms with van der Waals surface area (Å²) in [5.41, 5.74) is 1.19. The Bertz CT molecular complexity index is 704. The lowest BCUT2D eigenvalue weighted by Gasteiger charge is -2.23. The van der Waals surface area contributed by atoms with E-state index in [4.69, 9.17) is 11.6 Å². The van der Waals surface area contributed by atoms with Gasteiger partial charge in [-0.25, -0.2) is 8.42 Å². The third-order valence-corrected chi connectivity index (χ3v) is 6.32. The van der Waals surface area contributed by atoms with Crippen LogP contribution in [0, 0.1) is 0 Å². The SMILES string of the molecule is O=C1Cc2cc(S(=O)(=O)N3CCC[C@H]3CO)c(Cl)cc2N1. The first-order valence-corrected chi connectivity index (χ1v) is 8.50. The minimum atomic E-state index is -3.77. The number of anilines is 1. The average Bonchev–Trinajstić information content (AvgIpc) is 3.02. The van der Waals surface area contributed by atoms with Gasteiger partial charge in [-0.3, -0.25) is 4.79 Å². The van der Waals surface area contributed by atoms with Crippen molar-refractivity contribution < 1.29 is 18.3 Å². The minimum absolute atomic E-state index is 0.000216. The van der Waals surface area contributed by atoms with Gasteiger partial charge in [0.25, 0.3) is 0 Å². The number of hydrogen-bond donors (Lipinski definition) is 2. The van der Waals surface area contributed by atoms with Crippen LogP contribution in [0.4, 0.5) is 5.69 Å². The quantitative estimate of drug-likeness (QED) is 0.865. The van der Waals surface area contributed by atoms with E-state index in [1.165, 1.54) is 16.4 Å². The topological polar surface area (TPSA) is 86.7 Å². The zero-order chi connectivity index (χ0) is 15.2. The Morgan fingerprint density at radius 2 is 2.19 bits per heavy atom. The number of benzene rings is 1. The Morgan fingerprint density at radius 3 is 2.90 bits per heavy atom. The van der Waals surface area contributed by atoms with Crippen molar-refractivity contribution in [3.63, 3.8) is 0 Å². The minimum Gasteiger partial charge on any atom is -0.395 e. The normalized spacial score (nSPS) is 22.4. The van der Waals surface area contributed by atoms with E-state index in [1.54, 1.807) is 0 Å². The molecule has 1 fully saturated rings. The summed E-state index contributed by atoms with van der Waals surface area (Å²) < 4.78 is 26.8. The molecule has 1 amide bonds. The van der Waals surface area contributed by atoms with Crippen LogP contribution in [0.3, 0.4) is 0 Å². The third kappa shape index (κ3) is 2.44. The van der Waals surface area contributed by atoms with Crippen LogP contribution >= 0.6 is 11.6 Å². The summed E-state index contributed by atoms with van der Waals surface area (Å²) in [7, 11) is -3.77. The molecule has 0 saturated carbocycles. The van der Waals surface area contributed by atoms with Crippen molar-refractivity contribution >= 4 is 33.2 Å². The molecule has 0 unspecified atom stereocenters. The lowest BCUT2D eigenvalue weighted by Crippen LogP contribution is -2.37. The zero-order valence-electron chi connectivity index (χ0n) is 11.2. The van der Waals surface area contributed by atoms with Crippen LogP contribution < -0.4 is 5.32 Å².